The van der Waals surface area contributed by atoms with E-state index in [4.69, 9.17) is 11.5 Å². The van der Waals surface area contributed by atoms with Crippen molar-refractivity contribution in [2.75, 3.05) is 6.54 Å². The standard InChI is InChI=1S/C18H33N5O6/c1-9(2)5-12(17(27)23-13(18(28)29)6-10(3)4)22-15(25)8-21-16(26)11(19)7-14(20)24/h9-13H,5-8,19H2,1-4H3,(H2,20,24)(H,21,26)(H,22,25)(H,23,27)(H,28,29). The molecule has 0 spiro atoms. The molecule has 11 heteroatoms. The van der Waals surface area contributed by atoms with Crippen molar-refractivity contribution in [2.45, 2.75) is 65.1 Å². The quantitative estimate of drug-likeness (QED) is 0.209. The van der Waals surface area contributed by atoms with Crippen molar-refractivity contribution in [3.63, 3.8) is 0 Å². The molecule has 0 aliphatic rings. The van der Waals surface area contributed by atoms with E-state index in [1.54, 1.807) is 0 Å². The highest BCUT2D eigenvalue weighted by molar-refractivity contribution is 5.93. The van der Waals surface area contributed by atoms with E-state index in [1.165, 1.54) is 0 Å². The summed E-state index contributed by atoms with van der Waals surface area (Å²) < 4.78 is 0. The highest BCUT2D eigenvalue weighted by Gasteiger charge is 2.28. The Balaban J connectivity index is 4.90. The number of rotatable bonds is 13. The summed E-state index contributed by atoms with van der Waals surface area (Å²) in [6.45, 7) is 6.91. The molecule has 0 saturated carbocycles. The van der Waals surface area contributed by atoms with E-state index in [9.17, 15) is 29.1 Å². The van der Waals surface area contributed by atoms with Gasteiger partial charge in [-0.15, -0.1) is 0 Å². The number of aliphatic carboxylic acids is 1. The summed E-state index contributed by atoms with van der Waals surface area (Å²) in [5.41, 5.74) is 10.4. The molecule has 0 fully saturated rings. The number of nitrogens with two attached hydrogens (primary N) is 2. The van der Waals surface area contributed by atoms with Gasteiger partial charge in [-0.1, -0.05) is 27.7 Å². The SMILES string of the molecule is CC(C)CC(NC(=O)C(CC(C)C)NC(=O)CNC(=O)C(N)CC(N)=O)C(=O)O. The van der Waals surface area contributed by atoms with Crippen LogP contribution in [-0.4, -0.2) is 59.4 Å². The fourth-order valence-electron chi connectivity index (χ4n) is 2.52. The number of hydrogen-bond acceptors (Lipinski definition) is 6. The number of carbonyl (C=O) groups excluding carboxylic acids is 4. The number of primary amides is 1. The second kappa shape index (κ2) is 12.7. The summed E-state index contributed by atoms with van der Waals surface area (Å²) in [6, 6.07) is -3.21. The topological polar surface area (TPSA) is 194 Å². The molecule has 166 valence electrons. The van der Waals surface area contributed by atoms with E-state index >= 15 is 0 Å². The molecule has 0 saturated heterocycles. The zero-order valence-corrected chi connectivity index (χ0v) is 17.4. The van der Waals surface area contributed by atoms with E-state index in [0.29, 0.717) is 0 Å². The molecule has 29 heavy (non-hydrogen) atoms. The van der Waals surface area contributed by atoms with Crippen LogP contribution in [0, 0.1) is 11.8 Å². The van der Waals surface area contributed by atoms with E-state index in [-0.39, 0.29) is 31.1 Å². The second-order valence-electron chi connectivity index (χ2n) is 7.77. The van der Waals surface area contributed by atoms with Gasteiger partial charge < -0.3 is 32.5 Å². The van der Waals surface area contributed by atoms with Crippen molar-refractivity contribution in [3.8, 4) is 0 Å². The van der Waals surface area contributed by atoms with Gasteiger partial charge in [0.05, 0.1) is 19.0 Å². The van der Waals surface area contributed by atoms with Crippen molar-refractivity contribution in [1.82, 2.24) is 16.0 Å². The van der Waals surface area contributed by atoms with Gasteiger partial charge in [0.1, 0.15) is 12.1 Å². The monoisotopic (exact) mass is 415 g/mol. The lowest BCUT2D eigenvalue weighted by atomic mass is 10.0. The van der Waals surface area contributed by atoms with E-state index in [0.717, 1.165) is 0 Å². The Hall–Kier alpha value is -2.69. The highest BCUT2D eigenvalue weighted by Crippen LogP contribution is 2.08. The summed E-state index contributed by atoms with van der Waals surface area (Å²) in [6.07, 6.45) is 0.163. The van der Waals surface area contributed by atoms with Gasteiger partial charge in [0.2, 0.25) is 23.6 Å². The Bertz CT molecular complexity index is 608. The summed E-state index contributed by atoms with van der Waals surface area (Å²) in [5.74, 6) is -3.81. The minimum Gasteiger partial charge on any atom is -0.480 e. The lowest BCUT2D eigenvalue weighted by Crippen LogP contribution is -2.54. The fraction of sp³-hybridized carbons (Fsp3) is 0.722. The summed E-state index contributed by atoms with van der Waals surface area (Å²) in [5, 5.41) is 16.5. The van der Waals surface area contributed by atoms with Gasteiger partial charge in [-0.3, -0.25) is 19.2 Å². The molecule has 0 aromatic carbocycles. The average Bonchev–Trinajstić information content (AvgIpc) is 2.56. The second-order valence-corrected chi connectivity index (χ2v) is 7.77. The predicted molar refractivity (Wildman–Crippen MR) is 105 cm³/mol. The minimum atomic E-state index is -1.18. The third-order valence-corrected chi connectivity index (χ3v) is 3.86. The van der Waals surface area contributed by atoms with Crippen molar-refractivity contribution < 1.29 is 29.1 Å². The Morgan fingerprint density at radius 2 is 1.38 bits per heavy atom. The Morgan fingerprint density at radius 1 is 0.862 bits per heavy atom. The van der Waals surface area contributed by atoms with Crippen LogP contribution in [0.1, 0.15) is 47.0 Å². The van der Waals surface area contributed by atoms with Gasteiger partial charge in [-0.2, -0.15) is 0 Å². The first-order valence-electron chi connectivity index (χ1n) is 9.47. The fourth-order valence-corrected chi connectivity index (χ4v) is 2.52. The molecule has 8 N–H and O–H groups in total. The van der Waals surface area contributed by atoms with E-state index in [1.807, 2.05) is 27.7 Å². The molecule has 0 aliphatic heterocycles. The van der Waals surface area contributed by atoms with Gasteiger partial charge in [0, 0.05) is 0 Å². The third-order valence-electron chi connectivity index (χ3n) is 3.86. The molecule has 3 unspecified atom stereocenters. The maximum atomic E-state index is 12.5. The molecule has 0 aliphatic carbocycles. The van der Waals surface area contributed by atoms with Crippen LogP contribution in [0.5, 0.6) is 0 Å². The van der Waals surface area contributed by atoms with Crippen LogP contribution in [0.2, 0.25) is 0 Å². The lowest BCUT2D eigenvalue weighted by Gasteiger charge is -2.23. The summed E-state index contributed by atoms with van der Waals surface area (Å²) in [7, 11) is 0. The predicted octanol–water partition coefficient (Wildman–Crippen LogP) is -1.55. The number of carboxylic acids is 1. The average molecular weight is 415 g/mol. The molecule has 0 aromatic rings. The van der Waals surface area contributed by atoms with E-state index in [2.05, 4.69) is 16.0 Å². The number of carboxylic acid groups (broad SMARTS) is 1. The van der Waals surface area contributed by atoms with Crippen LogP contribution in [0.25, 0.3) is 0 Å². The van der Waals surface area contributed by atoms with Gasteiger partial charge in [0.15, 0.2) is 0 Å². The molecule has 11 nitrogen and oxygen atoms in total. The Kier molecular flexibility index (Phi) is 11.5. The van der Waals surface area contributed by atoms with Crippen LogP contribution >= 0.6 is 0 Å². The third kappa shape index (κ3) is 11.7. The molecule has 0 radical (unpaired) electrons. The lowest BCUT2D eigenvalue weighted by molar-refractivity contribution is -0.142. The van der Waals surface area contributed by atoms with Gasteiger partial charge >= 0.3 is 5.97 Å². The molecule has 3 atom stereocenters. The molecular formula is C18H33N5O6. The van der Waals surface area contributed by atoms with Crippen LogP contribution in [0.3, 0.4) is 0 Å². The maximum Gasteiger partial charge on any atom is 0.326 e. The molecule has 0 heterocycles. The minimum absolute atomic E-state index is 0.0398. The van der Waals surface area contributed by atoms with E-state index < -0.39 is 54.3 Å². The summed E-state index contributed by atoms with van der Waals surface area (Å²) >= 11 is 0. The van der Waals surface area contributed by atoms with Gasteiger partial charge in [0.25, 0.3) is 0 Å². The zero-order chi connectivity index (χ0) is 22.7. The molecule has 0 bridgehead atoms. The first-order chi connectivity index (χ1) is 13.3. The Morgan fingerprint density at radius 3 is 1.83 bits per heavy atom. The smallest absolute Gasteiger partial charge is 0.326 e. The first-order valence-corrected chi connectivity index (χ1v) is 9.47. The number of carbonyl (C=O) groups is 5. The van der Waals surface area contributed by atoms with Gasteiger partial charge in [-0.05, 0) is 24.7 Å². The van der Waals surface area contributed by atoms with Crippen molar-refractivity contribution in [2.24, 2.45) is 23.3 Å². The van der Waals surface area contributed by atoms with Crippen molar-refractivity contribution >= 4 is 29.6 Å². The van der Waals surface area contributed by atoms with Crippen molar-refractivity contribution in [1.29, 1.82) is 0 Å². The number of amides is 4. The molecule has 0 aromatic heterocycles. The molecule has 4 amide bonds. The van der Waals surface area contributed by atoms with Crippen LogP contribution in [0.4, 0.5) is 0 Å². The maximum absolute atomic E-state index is 12.5. The largest absolute Gasteiger partial charge is 0.480 e. The normalized spacial score (nSPS) is 14.0. The van der Waals surface area contributed by atoms with Crippen LogP contribution in [0.15, 0.2) is 0 Å². The molecule has 0 rings (SSSR count). The Labute approximate surface area is 170 Å². The number of nitrogens with one attached hydrogen (secondary N) is 3. The zero-order valence-electron chi connectivity index (χ0n) is 17.4. The van der Waals surface area contributed by atoms with Gasteiger partial charge in [-0.25, -0.2) is 4.79 Å². The first kappa shape index (κ1) is 26.3. The highest BCUT2D eigenvalue weighted by atomic mass is 16.4. The number of hydrogen-bond donors (Lipinski definition) is 6. The molecular weight excluding hydrogens is 382 g/mol. The van der Waals surface area contributed by atoms with Crippen molar-refractivity contribution in [3.05, 3.63) is 0 Å². The van der Waals surface area contributed by atoms with Crippen LogP contribution < -0.4 is 27.4 Å². The summed E-state index contributed by atoms with van der Waals surface area (Å²) in [4.78, 5) is 58.5. The van der Waals surface area contributed by atoms with Crippen LogP contribution in [-0.2, 0) is 24.0 Å².